The predicted molar refractivity (Wildman–Crippen MR) is 116 cm³/mol. The zero-order valence-electron chi connectivity index (χ0n) is 18.0. The number of anilines is 3. The molecule has 4 rings (SSSR count). The highest BCUT2D eigenvalue weighted by Crippen LogP contribution is 2.40. The molecule has 3 heterocycles. The second-order valence-corrected chi connectivity index (χ2v) is 8.15. The number of aliphatic hydroxyl groups excluding tert-OH is 1. The Balaban J connectivity index is 1.68. The first-order valence-corrected chi connectivity index (χ1v) is 10.1. The van der Waals surface area contributed by atoms with Gasteiger partial charge in [-0.05, 0) is 12.1 Å². The molecular weight excluding hydrogens is 419 g/mol. The summed E-state index contributed by atoms with van der Waals surface area (Å²) >= 11 is 0. The maximum absolute atomic E-state index is 14.1. The van der Waals surface area contributed by atoms with Gasteiger partial charge in [-0.1, -0.05) is 13.8 Å². The summed E-state index contributed by atoms with van der Waals surface area (Å²) in [5.41, 5.74) is 0.625. The summed E-state index contributed by atoms with van der Waals surface area (Å²) in [4.78, 5) is 17.3. The lowest BCUT2D eigenvalue weighted by atomic mass is 9.95. The summed E-state index contributed by atoms with van der Waals surface area (Å²) in [7, 11) is 1.72. The molecule has 1 aromatic carbocycles. The number of benzene rings is 1. The number of hydrogen-bond acceptors (Lipinski definition) is 8. The second kappa shape index (κ2) is 8.50. The highest BCUT2D eigenvalue weighted by atomic mass is 19.1. The highest BCUT2D eigenvalue weighted by Gasteiger charge is 2.23. The van der Waals surface area contributed by atoms with Crippen molar-refractivity contribution >= 4 is 28.9 Å². The van der Waals surface area contributed by atoms with Crippen LogP contribution in [0.5, 0.6) is 11.5 Å². The van der Waals surface area contributed by atoms with Crippen molar-refractivity contribution in [2.24, 2.45) is 5.41 Å². The molecule has 1 aliphatic heterocycles. The van der Waals surface area contributed by atoms with Gasteiger partial charge in [-0.25, -0.2) is 9.37 Å². The molecule has 0 aliphatic carbocycles. The maximum Gasteiger partial charge on any atom is 0.256 e. The van der Waals surface area contributed by atoms with E-state index in [1.165, 1.54) is 22.8 Å². The number of halogens is 1. The molecule has 11 heteroatoms. The lowest BCUT2D eigenvalue weighted by Crippen LogP contribution is -2.36. The van der Waals surface area contributed by atoms with Gasteiger partial charge in [0, 0.05) is 31.7 Å². The van der Waals surface area contributed by atoms with Crippen LogP contribution in [-0.2, 0) is 0 Å². The summed E-state index contributed by atoms with van der Waals surface area (Å²) in [6, 6.07) is 4.53. The highest BCUT2D eigenvalue weighted by molar-refractivity contribution is 6.00. The number of amides is 1. The van der Waals surface area contributed by atoms with Crippen molar-refractivity contribution in [3.8, 4) is 11.5 Å². The smallest absolute Gasteiger partial charge is 0.256 e. The van der Waals surface area contributed by atoms with Crippen molar-refractivity contribution in [2.75, 3.05) is 44.0 Å². The third kappa shape index (κ3) is 4.11. The first-order valence-electron chi connectivity index (χ1n) is 10.1. The fourth-order valence-electron chi connectivity index (χ4n) is 3.18. The molecule has 0 bridgehead atoms. The Morgan fingerprint density at radius 3 is 2.75 bits per heavy atom. The zero-order chi connectivity index (χ0) is 22.9. The molecule has 0 atom stereocenters. The topological polar surface area (TPSA) is 122 Å². The van der Waals surface area contributed by atoms with Crippen molar-refractivity contribution in [1.29, 1.82) is 0 Å². The Morgan fingerprint density at radius 1 is 1.28 bits per heavy atom. The molecule has 0 saturated carbocycles. The van der Waals surface area contributed by atoms with Crippen LogP contribution in [0.4, 0.5) is 21.7 Å². The van der Waals surface area contributed by atoms with Crippen molar-refractivity contribution < 1.29 is 23.8 Å². The molecule has 1 amide bonds. The summed E-state index contributed by atoms with van der Waals surface area (Å²) in [5.74, 6) is 0.429. The van der Waals surface area contributed by atoms with E-state index in [2.05, 4.69) is 26.0 Å². The van der Waals surface area contributed by atoms with Gasteiger partial charge in [-0.15, -0.1) is 0 Å². The van der Waals surface area contributed by atoms with Gasteiger partial charge in [0.25, 0.3) is 5.91 Å². The van der Waals surface area contributed by atoms with Crippen LogP contribution >= 0.6 is 0 Å². The standard InChI is InChI=1S/C21H25FN6O4/c1-21(2,11-29)10-24-20(30)12-9-25-28-16(23-3)8-15(27-19(12)28)26-14-5-4-13(22)17-18(14)32-7-6-31-17/h4-5,8-9,23,29H,6-7,10-11H2,1-3H3,(H,24,30)(H,26,27). The van der Waals surface area contributed by atoms with Gasteiger partial charge >= 0.3 is 0 Å². The number of aromatic nitrogens is 3. The summed E-state index contributed by atoms with van der Waals surface area (Å²) in [6.45, 7) is 4.48. The van der Waals surface area contributed by atoms with Crippen LogP contribution in [-0.4, -0.2) is 59.0 Å². The van der Waals surface area contributed by atoms with E-state index < -0.39 is 11.2 Å². The van der Waals surface area contributed by atoms with Crippen LogP contribution in [0.15, 0.2) is 24.4 Å². The van der Waals surface area contributed by atoms with Crippen molar-refractivity contribution in [3.05, 3.63) is 35.8 Å². The molecular formula is C21H25FN6O4. The van der Waals surface area contributed by atoms with Crippen molar-refractivity contribution in [2.45, 2.75) is 13.8 Å². The Labute approximate surface area is 183 Å². The number of nitrogens with one attached hydrogen (secondary N) is 3. The first kappa shape index (κ1) is 21.6. The molecule has 2 aromatic heterocycles. The van der Waals surface area contributed by atoms with Gasteiger partial charge in [0.2, 0.25) is 0 Å². The average Bonchev–Trinajstić information content (AvgIpc) is 3.23. The van der Waals surface area contributed by atoms with Crippen molar-refractivity contribution in [3.63, 3.8) is 0 Å². The lowest BCUT2D eigenvalue weighted by molar-refractivity contribution is 0.0912. The summed E-state index contributed by atoms with van der Waals surface area (Å²) in [6.07, 6.45) is 1.44. The van der Waals surface area contributed by atoms with E-state index in [4.69, 9.17) is 9.47 Å². The lowest BCUT2D eigenvalue weighted by Gasteiger charge is -2.22. The Kier molecular flexibility index (Phi) is 5.74. The van der Waals surface area contributed by atoms with Crippen LogP contribution in [0.3, 0.4) is 0 Å². The predicted octanol–water partition coefficient (Wildman–Crippen LogP) is 2.17. The van der Waals surface area contributed by atoms with Gasteiger partial charge < -0.3 is 30.5 Å². The van der Waals surface area contributed by atoms with E-state index >= 15 is 0 Å². The van der Waals surface area contributed by atoms with Crippen LogP contribution in [0.2, 0.25) is 0 Å². The normalized spacial score (nSPS) is 13.2. The second-order valence-electron chi connectivity index (χ2n) is 8.15. The number of aliphatic hydroxyl groups is 1. The monoisotopic (exact) mass is 444 g/mol. The number of carbonyl (C=O) groups is 1. The third-order valence-corrected chi connectivity index (χ3v) is 5.03. The van der Waals surface area contributed by atoms with Crippen LogP contribution < -0.4 is 25.4 Å². The maximum atomic E-state index is 14.1. The van der Waals surface area contributed by atoms with Crippen LogP contribution in [0, 0.1) is 11.2 Å². The minimum Gasteiger partial charge on any atom is -0.484 e. The molecule has 4 N–H and O–H groups in total. The van der Waals surface area contributed by atoms with E-state index in [0.29, 0.717) is 29.6 Å². The number of fused-ring (bicyclic) bond motifs is 2. The number of carbonyl (C=O) groups excluding carboxylic acids is 1. The van der Waals surface area contributed by atoms with Crippen LogP contribution in [0.1, 0.15) is 24.2 Å². The van der Waals surface area contributed by atoms with E-state index in [1.54, 1.807) is 13.1 Å². The number of ether oxygens (including phenoxy) is 2. The molecule has 0 spiro atoms. The Bertz CT molecular complexity index is 1160. The van der Waals surface area contributed by atoms with Gasteiger partial charge in [0.05, 0.1) is 11.9 Å². The molecule has 0 radical (unpaired) electrons. The number of rotatable bonds is 7. The quantitative estimate of drug-likeness (QED) is 0.437. The molecule has 0 fully saturated rings. The SMILES string of the molecule is CNc1cc(Nc2ccc(F)c3c2OCCO3)nc2c(C(=O)NCC(C)(C)CO)cnn12. The minimum absolute atomic E-state index is 0.0482. The van der Waals surface area contributed by atoms with Gasteiger partial charge in [0.15, 0.2) is 23.0 Å². The molecule has 3 aromatic rings. The fraction of sp³-hybridized carbons (Fsp3) is 0.381. The van der Waals surface area contributed by atoms with Gasteiger partial charge in [-0.2, -0.15) is 9.61 Å². The minimum atomic E-state index is -0.509. The van der Waals surface area contributed by atoms with E-state index in [0.717, 1.165) is 0 Å². The largest absolute Gasteiger partial charge is 0.484 e. The Hall–Kier alpha value is -3.60. The van der Waals surface area contributed by atoms with Crippen molar-refractivity contribution in [1.82, 2.24) is 19.9 Å². The van der Waals surface area contributed by atoms with E-state index in [-0.39, 0.29) is 42.7 Å². The molecule has 10 nitrogen and oxygen atoms in total. The summed E-state index contributed by atoms with van der Waals surface area (Å²) in [5, 5.41) is 22.6. The van der Waals surface area contributed by atoms with E-state index in [1.807, 2.05) is 13.8 Å². The molecule has 32 heavy (non-hydrogen) atoms. The third-order valence-electron chi connectivity index (χ3n) is 5.03. The molecule has 1 aliphatic rings. The number of hydrogen-bond donors (Lipinski definition) is 4. The molecule has 0 unspecified atom stereocenters. The Morgan fingerprint density at radius 2 is 2.03 bits per heavy atom. The number of nitrogens with zero attached hydrogens (tertiary/aromatic N) is 3. The van der Waals surface area contributed by atoms with Crippen LogP contribution in [0.25, 0.3) is 5.65 Å². The molecule has 0 saturated heterocycles. The zero-order valence-corrected chi connectivity index (χ0v) is 18.0. The average molecular weight is 444 g/mol. The summed E-state index contributed by atoms with van der Waals surface area (Å²) < 4.78 is 26.6. The van der Waals surface area contributed by atoms with Gasteiger partial charge in [-0.3, -0.25) is 4.79 Å². The van der Waals surface area contributed by atoms with Gasteiger partial charge in [0.1, 0.15) is 30.4 Å². The van der Waals surface area contributed by atoms with E-state index in [9.17, 15) is 14.3 Å². The molecule has 170 valence electrons. The first-order chi connectivity index (χ1) is 15.3. The fourth-order valence-corrected chi connectivity index (χ4v) is 3.18.